The van der Waals surface area contributed by atoms with Gasteiger partial charge in [0.15, 0.2) is 0 Å². The van der Waals surface area contributed by atoms with Gasteiger partial charge in [0.05, 0.1) is 12.3 Å². The van der Waals surface area contributed by atoms with Crippen LogP contribution < -0.4 is 0 Å². The molecule has 0 amide bonds. The zero-order valence-electron chi connectivity index (χ0n) is 13.1. The van der Waals surface area contributed by atoms with Crippen LogP contribution in [0.4, 0.5) is 0 Å². The lowest BCUT2D eigenvalue weighted by Crippen LogP contribution is -2.03. The first kappa shape index (κ1) is 14.7. The van der Waals surface area contributed by atoms with E-state index in [1.165, 1.54) is 16.6 Å². The zero-order valence-corrected chi connectivity index (χ0v) is 13.8. The van der Waals surface area contributed by atoms with E-state index in [0.717, 1.165) is 48.8 Å². The molecule has 3 aromatic rings. The lowest BCUT2D eigenvalue weighted by Gasteiger charge is -2.03. The van der Waals surface area contributed by atoms with Crippen LogP contribution in [-0.4, -0.2) is 33.2 Å². The van der Waals surface area contributed by atoms with Crippen molar-refractivity contribution in [1.29, 1.82) is 0 Å². The molecule has 1 aliphatic heterocycles. The van der Waals surface area contributed by atoms with E-state index in [1.807, 2.05) is 22.9 Å². The Bertz CT molecular complexity index is 832. The Kier molecular flexibility index (Phi) is 3.83. The lowest BCUT2D eigenvalue weighted by molar-refractivity contribution is 0.193. The molecule has 1 fully saturated rings. The highest BCUT2D eigenvalue weighted by Gasteiger charge is 2.20. The Morgan fingerprint density at radius 3 is 3.17 bits per heavy atom. The first-order valence-electron chi connectivity index (χ1n) is 7.95. The van der Waals surface area contributed by atoms with E-state index in [9.17, 15) is 0 Å². The second-order valence-electron chi connectivity index (χ2n) is 6.14. The van der Waals surface area contributed by atoms with E-state index in [4.69, 9.17) is 16.3 Å². The largest absolute Gasteiger partial charge is 0.381 e. The summed E-state index contributed by atoms with van der Waals surface area (Å²) in [4.78, 5) is 3.42. The van der Waals surface area contributed by atoms with Gasteiger partial charge in [0.1, 0.15) is 0 Å². The van der Waals surface area contributed by atoms with Crippen molar-refractivity contribution in [3.8, 4) is 0 Å². The van der Waals surface area contributed by atoms with Crippen LogP contribution in [0.15, 0.2) is 24.4 Å². The third-order valence-corrected chi connectivity index (χ3v) is 4.81. The number of aromatic amines is 1. The number of aryl methyl sites for hydroxylation is 3. The molecule has 5 nitrogen and oxygen atoms in total. The minimum Gasteiger partial charge on any atom is -0.381 e. The molecule has 4 rings (SSSR count). The lowest BCUT2D eigenvalue weighted by atomic mass is 10.1. The minimum atomic E-state index is 0.400. The molecular weight excluding hydrogens is 312 g/mol. The summed E-state index contributed by atoms with van der Waals surface area (Å²) in [6.45, 7) is 4.50. The van der Waals surface area contributed by atoms with Crippen molar-refractivity contribution in [1.82, 2.24) is 20.0 Å². The Morgan fingerprint density at radius 2 is 2.35 bits per heavy atom. The molecule has 0 spiro atoms. The third kappa shape index (κ3) is 2.86. The molecule has 1 aliphatic rings. The second kappa shape index (κ2) is 5.98. The molecule has 1 aromatic carbocycles. The summed E-state index contributed by atoms with van der Waals surface area (Å²) in [5, 5.41) is 10.5. The average molecular weight is 331 g/mol. The molecule has 3 heterocycles. The second-order valence-corrected chi connectivity index (χ2v) is 6.57. The van der Waals surface area contributed by atoms with E-state index >= 15 is 0 Å². The predicted octanol–water partition coefficient (Wildman–Crippen LogP) is 3.47. The number of hydrogen-bond acceptors (Lipinski definition) is 3. The first-order valence-corrected chi connectivity index (χ1v) is 8.33. The van der Waals surface area contributed by atoms with E-state index in [-0.39, 0.29) is 0 Å². The first-order chi connectivity index (χ1) is 11.2. The molecule has 1 atom stereocenters. The van der Waals surface area contributed by atoms with Gasteiger partial charge in [0, 0.05) is 46.9 Å². The van der Waals surface area contributed by atoms with Gasteiger partial charge in [-0.1, -0.05) is 16.8 Å². The monoisotopic (exact) mass is 330 g/mol. The predicted molar refractivity (Wildman–Crippen MR) is 89.9 cm³/mol. The van der Waals surface area contributed by atoms with Gasteiger partial charge in [0.25, 0.3) is 0 Å². The van der Waals surface area contributed by atoms with Crippen molar-refractivity contribution < 1.29 is 4.74 Å². The van der Waals surface area contributed by atoms with Crippen molar-refractivity contribution in [3.63, 3.8) is 0 Å². The number of H-pyrrole nitrogens is 1. The quantitative estimate of drug-likeness (QED) is 0.797. The summed E-state index contributed by atoms with van der Waals surface area (Å²) >= 11 is 6.14. The van der Waals surface area contributed by atoms with Gasteiger partial charge in [-0.15, -0.1) is 5.10 Å². The SMILES string of the molecule is Cc1[nH]c2ccc(Cl)cc2c1CCn1cc([C@@H]2CCOC2)nn1. The van der Waals surface area contributed by atoms with E-state index < -0.39 is 0 Å². The van der Waals surface area contributed by atoms with Crippen LogP contribution in [0.5, 0.6) is 0 Å². The van der Waals surface area contributed by atoms with Crippen molar-refractivity contribution in [2.24, 2.45) is 0 Å². The van der Waals surface area contributed by atoms with Gasteiger partial charge in [-0.05, 0) is 43.5 Å². The number of fused-ring (bicyclic) bond motifs is 1. The van der Waals surface area contributed by atoms with Gasteiger partial charge in [-0.3, -0.25) is 4.68 Å². The topological polar surface area (TPSA) is 55.7 Å². The number of hydrogen-bond donors (Lipinski definition) is 1. The molecule has 23 heavy (non-hydrogen) atoms. The standard InChI is InChI=1S/C17H19ClN4O/c1-11-14(15-8-13(18)2-3-16(15)19-11)4-6-22-9-17(20-21-22)12-5-7-23-10-12/h2-3,8-9,12,19H,4-7,10H2,1H3/t12-/m1/s1. The number of nitrogens with one attached hydrogen (secondary N) is 1. The van der Waals surface area contributed by atoms with Gasteiger partial charge < -0.3 is 9.72 Å². The van der Waals surface area contributed by atoms with Crippen LogP contribution in [0.1, 0.15) is 29.3 Å². The molecular formula is C17H19ClN4O. The Labute approximate surface area is 139 Å². The molecule has 6 heteroatoms. The fraction of sp³-hybridized carbons (Fsp3) is 0.412. The molecule has 0 bridgehead atoms. The third-order valence-electron chi connectivity index (χ3n) is 4.58. The molecule has 1 N–H and O–H groups in total. The van der Waals surface area contributed by atoms with Gasteiger partial charge >= 0.3 is 0 Å². The highest BCUT2D eigenvalue weighted by Crippen LogP contribution is 2.26. The smallest absolute Gasteiger partial charge is 0.0881 e. The molecule has 0 radical (unpaired) electrons. The van der Waals surface area contributed by atoms with Gasteiger partial charge in [0.2, 0.25) is 0 Å². The summed E-state index contributed by atoms with van der Waals surface area (Å²) in [6.07, 6.45) is 3.99. The summed E-state index contributed by atoms with van der Waals surface area (Å²) in [7, 11) is 0. The van der Waals surface area contributed by atoms with Crippen molar-refractivity contribution >= 4 is 22.5 Å². The summed E-state index contributed by atoms with van der Waals surface area (Å²) in [5.41, 5.74) is 4.65. The number of aromatic nitrogens is 4. The Balaban J connectivity index is 1.53. The summed E-state index contributed by atoms with van der Waals surface area (Å²) < 4.78 is 7.35. The Hall–Kier alpha value is -1.85. The van der Waals surface area contributed by atoms with Crippen LogP contribution in [0.25, 0.3) is 10.9 Å². The van der Waals surface area contributed by atoms with Crippen molar-refractivity contribution in [2.75, 3.05) is 13.2 Å². The Morgan fingerprint density at radius 1 is 1.43 bits per heavy atom. The minimum absolute atomic E-state index is 0.400. The maximum atomic E-state index is 6.14. The summed E-state index contributed by atoms with van der Waals surface area (Å²) in [5.74, 6) is 0.400. The van der Waals surface area contributed by atoms with Crippen LogP contribution in [0.3, 0.4) is 0 Å². The highest BCUT2D eigenvalue weighted by atomic mass is 35.5. The molecule has 0 aliphatic carbocycles. The van der Waals surface area contributed by atoms with E-state index in [2.05, 4.69) is 28.4 Å². The highest BCUT2D eigenvalue weighted by molar-refractivity contribution is 6.31. The van der Waals surface area contributed by atoms with Crippen LogP contribution in [0.2, 0.25) is 5.02 Å². The van der Waals surface area contributed by atoms with Crippen LogP contribution >= 0.6 is 11.6 Å². The zero-order chi connectivity index (χ0) is 15.8. The van der Waals surface area contributed by atoms with Crippen molar-refractivity contribution in [3.05, 3.63) is 46.4 Å². The maximum Gasteiger partial charge on any atom is 0.0881 e. The fourth-order valence-electron chi connectivity index (χ4n) is 3.28. The summed E-state index contributed by atoms with van der Waals surface area (Å²) in [6, 6.07) is 5.97. The number of ether oxygens (including phenoxy) is 1. The number of halogens is 1. The van der Waals surface area contributed by atoms with E-state index in [0.29, 0.717) is 5.92 Å². The average Bonchev–Trinajstić information content (AvgIpc) is 3.24. The number of nitrogens with zero attached hydrogens (tertiary/aromatic N) is 3. The maximum absolute atomic E-state index is 6.14. The molecule has 1 saturated heterocycles. The van der Waals surface area contributed by atoms with Crippen LogP contribution in [0, 0.1) is 6.92 Å². The van der Waals surface area contributed by atoms with Gasteiger partial charge in [-0.2, -0.15) is 0 Å². The molecule has 120 valence electrons. The fourth-order valence-corrected chi connectivity index (χ4v) is 3.45. The van der Waals surface area contributed by atoms with Gasteiger partial charge in [-0.25, -0.2) is 0 Å². The normalized spacial score (nSPS) is 18.1. The molecule has 2 aromatic heterocycles. The number of rotatable bonds is 4. The van der Waals surface area contributed by atoms with Crippen LogP contribution in [-0.2, 0) is 17.7 Å². The van der Waals surface area contributed by atoms with Crippen molar-refractivity contribution in [2.45, 2.75) is 32.2 Å². The van der Waals surface area contributed by atoms with E-state index in [1.54, 1.807) is 0 Å². The molecule has 0 unspecified atom stereocenters. The number of benzene rings is 1. The molecule has 0 saturated carbocycles.